The second-order valence-electron chi connectivity index (χ2n) is 9.10. The van der Waals surface area contributed by atoms with Crippen molar-refractivity contribution in [3.05, 3.63) is 71.3 Å². The average molecular weight is 431 g/mol. The van der Waals surface area contributed by atoms with Gasteiger partial charge in [0.2, 0.25) is 11.8 Å². The number of piperazine rings is 1. The van der Waals surface area contributed by atoms with Crippen molar-refractivity contribution in [2.45, 2.75) is 44.7 Å². The van der Waals surface area contributed by atoms with Crippen LogP contribution in [0.1, 0.15) is 42.9 Å². The number of benzene rings is 2. The Bertz CT molecular complexity index is 1020. The van der Waals surface area contributed by atoms with Crippen molar-refractivity contribution in [1.29, 1.82) is 0 Å². The summed E-state index contributed by atoms with van der Waals surface area (Å²) in [5, 5.41) is 9.97. The highest BCUT2D eigenvalue weighted by Crippen LogP contribution is 2.43. The fourth-order valence-electron chi connectivity index (χ4n) is 4.72. The van der Waals surface area contributed by atoms with E-state index >= 15 is 0 Å². The van der Waals surface area contributed by atoms with Crippen molar-refractivity contribution in [3.8, 4) is 11.8 Å². The lowest BCUT2D eigenvalue weighted by molar-refractivity contribution is -0.166. The van der Waals surface area contributed by atoms with Gasteiger partial charge >= 0.3 is 0 Å². The molecule has 2 aliphatic rings. The zero-order valence-electron chi connectivity index (χ0n) is 18.7. The zero-order valence-corrected chi connectivity index (χ0v) is 18.7. The Hall–Kier alpha value is -3.10. The maximum Gasteiger partial charge on any atom is 0.242 e. The standard InChI is InChI=1S/C27H30N2O3/c1-19(2)7-6-10-20-11-13-22(14-12-20)27-23-16-28(17-26(32)29(23)24(27)18-30)25(31)15-21-8-4-3-5-9-21/h3-5,8-9,11-14,19,23-24,27,30H,7,15-18H2,1-2H3/t23-,24+,27+/m0/s1. The van der Waals surface area contributed by atoms with Crippen LogP contribution in [0.4, 0.5) is 0 Å². The molecular formula is C27H30N2O3. The summed E-state index contributed by atoms with van der Waals surface area (Å²) in [5.74, 6) is 6.82. The number of hydrogen-bond acceptors (Lipinski definition) is 3. The average Bonchev–Trinajstić information content (AvgIpc) is 2.76. The number of aliphatic hydroxyl groups excluding tert-OH is 1. The van der Waals surface area contributed by atoms with Crippen LogP contribution in [0, 0.1) is 17.8 Å². The van der Waals surface area contributed by atoms with Gasteiger partial charge in [-0.25, -0.2) is 0 Å². The fraction of sp³-hybridized carbons (Fsp3) is 0.407. The molecule has 2 saturated heterocycles. The van der Waals surface area contributed by atoms with E-state index in [0.717, 1.165) is 23.1 Å². The monoisotopic (exact) mass is 430 g/mol. The molecule has 2 amide bonds. The Morgan fingerprint density at radius 3 is 2.50 bits per heavy atom. The van der Waals surface area contributed by atoms with Gasteiger partial charge in [-0.1, -0.05) is 68.2 Å². The molecule has 0 saturated carbocycles. The van der Waals surface area contributed by atoms with Gasteiger partial charge in [-0.15, -0.1) is 0 Å². The van der Waals surface area contributed by atoms with Gasteiger partial charge in [0.05, 0.1) is 31.7 Å². The molecule has 1 N–H and O–H groups in total. The number of hydrogen-bond donors (Lipinski definition) is 1. The van der Waals surface area contributed by atoms with Crippen molar-refractivity contribution < 1.29 is 14.7 Å². The molecule has 2 aliphatic heterocycles. The molecule has 5 nitrogen and oxygen atoms in total. The van der Waals surface area contributed by atoms with Crippen LogP contribution in [0.15, 0.2) is 54.6 Å². The van der Waals surface area contributed by atoms with Crippen LogP contribution in [0.2, 0.25) is 0 Å². The number of nitrogens with zero attached hydrogens (tertiary/aromatic N) is 2. The molecule has 2 aromatic rings. The highest BCUT2D eigenvalue weighted by molar-refractivity contribution is 5.88. The normalized spacial score (nSPS) is 22.1. The van der Waals surface area contributed by atoms with E-state index in [9.17, 15) is 14.7 Å². The van der Waals surface area contributed by atoms with Gasteiger partial charge in [0.15, 0.2) is 0 Å². The van der Waals surface area contributed by atoms with E-state index in [0.29, 0.717) is 18.9 Å². The molecule has 2 heterocycles. The van der Waals surface area contributed by atoms with E-state index in [-0.39, 0.29) is 43.0 Å². The summed E-state index contributed by atoms with van der Waals surface area (Å²) in [6.45, 7) is 4.79. The third kappa shape index (κ3) is 4.56. The molecule has 0 radical (unpaired) electrons. The van der Waals surface area contributed by atoms with Crippen molar-refractivity contribution in [2.24, 2.45) is 5.92 Å². The molecule has 166 valence electrons. The second-order valence-corrected chi connectivity index (χ2v) is 9.10. The first-order valence-corrected chi connectivity index (χ1v) is 11.3. The molecule has 2 aromatic carbocycles. The summed E-state index contributed by atoms with van der Waals surface area (Å²) in [6.07, 6.45) is 1.15. The van der Waals surface area contributed by atoms with Crippen molar-refractivity contribution >= 4 is 11.8 Å². The predicted octanol–water partition coefficient (Wildman–Crippen LogP) is 2.82. The van der Waals surface area contributed by atoms with Gasteiger partial charge in [-0.2, -0.15) is 0 Å². The second kappa shape index (κ2) is 9.58. The van der Waals surface area contributed by atoms with E-state index in [1.807, 2.05) is 54.6 Å². The number of rotatable bonds is 5. The SMILES string of the molecule is CC(C)CC#Cc1ccc([C@H]2[C@@H](CO)N3C(=O)CN(C(=O)Cc4ccccc4)C[C@@H]23)cc1. The highest BCUT2D eigenvalue weighted by atomic mass is 16.3. The number of carbonyl (C=O) groups excluding carboxylic acids is 2. The van der Waals surface area contributed by atoms with Crippen LogP contribution in [-0.2, 0) is 16.0 Å². The van der Waals surface area contributed by atoms with Gasteiger partial charge in [0, 0.05) is 24.4 Å². The third-order valence-electron chi connectivity index (χ3n) is 6.34. The van der Waals surface area contributed by atoms with E-state index in [1.165, 1.54) is 0 Å². The number of fused-ring (bicyclic) bond motifs is 1. The first kappa shape index (κ1) is 22.1. The number of aliphatic hydroxyl groups is 1. The lowest BCUT2D eigenvalue weighted by atomic mass is 9.73. The van der Waals surface area contributed by atoms with Crippen LogP contribution >= 0.6 is 0 Å². The van der Waals surface area contributed by atoms with E-state index in [1.54, 1.807) is 9.80 Å². The molecule has 0 bridgehead atoms. The van der Waals surface area contributed by atoms with Crippen molar-refractivity contribution in [3.63, 3.8) is 0 Å². The molecule has 3 atom stereocenters. The summed E-state index contributed by atoms with van der Waals surface area (Å²) in [5.41, 5.74) is 2.98. The largest absolute Gasteiger partial charge is 0.394 e. The summed E-state index contributed by atoms with van der Waals surface area (Å²) >= 11 is 0. The zero-order chi connectivity index (χ0) is 22.7. The Labute approximate surface area is 190 Å². The third-order valence-corrected chi connectivity index (χ3v) is 6.34. The van der Waals surface area contributed by atoms with Crippen LogP contribution < -0.4 is 0 Å². The molecule has 4 rings (SSSR count). The van der Waals surface area contributed by atoms with E-state index in [4.69, 9.17) is 0 Å². The number of amides is 2. The Morgan fingerprint density at radius 2 is 1.84 bits per heavy atom. The fourth-order valence-corrected chi connectivity index (χ4v) is 4.72. The Balaban J connectivity index is 1.48. The molecular weight excluding hydrogens is 400 g/mol. The minimum atomic E-state index is -0.239. The molecule has 32 heavy (non-hydrogen) atoms. The maximum atomic E-state index is 12.9. The molecule has 5 heteroatoms. The molecule has 2 fully saturated rings. The van der Waals surface area contributed by atoms with Gasteiger partial charge in [0.25, 0.3) is 0 Å². The Morgan fingerprint density at radius 1 is 1.12 bits per heavy atom. The summed E-state index contributed by atoms with van der Waals surface area (Å²) < 4.78 is 0. The van der Waals surface area contributed by atoms with Crippen LogP contribution in [0.25, 0.3) is 0 Å². The van der Waals surface area contributed by atoms with Crippen molar-refractivity contribution in [1.82, 2.24) is 9.80 Å². The molecule has 0 spiro atoms. The summed E-state index contributed by atoms with van der Waals surface area (Å²) in [6, 6.07) is 17.3. The highest BCUT2D eigenvalue weighted by Gasteiger charge is 2.54. The molecule has 0 aromatic heterocycles. The van der Waals surface area contributed by atoms with Crippen LogP contribution in [0.3, 0.4) is 0 Å². The first-order chi connectivity index (χ1) is 15.5. The number of carbonyl (C=O) groups is 2. The Kier molecular flexibility index (Phi) is 6.62. The van der Waals surface area contributed by atoms with E-state index in [2.05, 4.69) is 25.7 Å². The lowest BCUT2D eigenvalue weighted by Crippen LogP contribution is -2.73. The topological polar surface area (TPSA) is 60.9 Å². The molecule has 0 unspecified atom stereocenters. The first-order valence-electron chi connectivity index (χ1n) is 11.3. The van der Waals surface area contributed by atoms with Gasteiger partial charge in [-0.05, 0) is 29.2 Å². The maximum absolute atomic E-state index is 12.9. The minimum Gasteiger partial charge on any atom is -0.394 e. The van der Waals surface area contributed by atoms with Crippen LogP contribution in [-0.4, -0.2) is 58.5 Å². The lowest BCUT2D eigenvalue weighted by Gasteiger charge is -2.58. The van der Waals surface area contributed by atoms with Gasteiger partial charge in [0.1, 0.15) is 0 Å². The quantitative estimate of drug-likeness (QED) is 0.742. The minimum absolute atomic E-state index is 0.00829. The smallest absolute Gasteiger partial charge is 0.242 e. The summed E-state index contributed by atoms with van der Waals surface area (Å²) in [7, 11) is 0. The van der Waals surface area contributed by atoms with Crippen molar-refractivity contribution in [2.75, 3.05) is 19.7 Å². The summed E-state index contributed by atoms with van der Waals surface area (Å²) in [4.78, 5) is 29.1. The van der Waals surface area contributed by atoms with Crippen LogP contribution in [0.5, 0.6) is 0 Å². The molecule has 0 aliphatic carbocycles. The predicted molar refractivity (Wildman–Crippen MR) is 124 cm³/mol. The van der Waals surface area contributed by atoms with E-state index < -0.39 is 0 Å². The van der Waals surface area contributed by atoms with Gasteiger partial charge < -0.3 is 14.9 Å². The van der Waals surface area contributed by atoms with Gasteiger partial charge in [-0.3, -0.25) is 9.59 Å².